The summed E-state index contributed by atoms with van der Waals surface area (Å²) in [7, 11) is 0. The van der Waals surface area contributed by atoms with E-state index in [-0.39, 0.29) is 41.8 Å². The zero-order valence-corrected chi connectivity index (χ0v) is 21.1. The van der Waals surface area contributed by atoms with Gasteiger partial charge in [0.05, 0.1) is 0 Å². The second-order valence-corrected chi connectivity index (χ2v) is 11.5. The minimum Gasteiger partial charge on any atom is -0.304 e. The van der Waals surface area contributed by atoms with Crippen LogP contribution in [-0.4, -0.2) is 4.98 Å². The van der Waals surface area contributed by atoms with Crippen LogP contribution in [-0.2, 0) is 41.8 Å². The van der Waals surface area contributed by atoms with Gasteiger partial charge in [-0.1, -0.05) is 67.9 Å². The molecule has 0 aliphatic heterocycles. The standard InChI is InChI=1S/C26H34N.Ir/c1-23(2)11-12-24(3,4)19-13-17(9-10-18(19)23)22-14-20-21(15-27-22)26(7,8)16-25(20,5)6;/h10,13-15H,11-12,16H2,1-8H3;/q-1;. The quantitative estimate of drug-likeness (QED) is 0.353. The number of pyridine rings is 1. The SMILES string of the molecule is CC1(C)CCC(C)(C)c2cc(-c3cc4c(cn3)C(C)(C)CC4(C)C)[c-]cc21.[Ir]. The Labute approximate surface area is 185 Å². The molecule has 0 saturated heterocycles. The van der Waals surface area contributed by atoms with Crippen molar-refractivity contribution in [2.24, 2.45) is 0 Å². The Hall–Kier alpha value is -0.981. The van der Waals surface area contributed by atoms with Crippen molar-refractivity contribution >= 4 is 0 Å². The molecule has 0 atom stereocenters. The van der Waals surface area contributed by atoms with Crippen LogP contribution in [0.15, 0.2) is 24.4 Å². The molecule has 0 saturated carbocycles. The molecule has 2 heteroatoms. The van der Waals surface area contributed by atoms with Crippen LogP contribution in [0.25, 0.3) is 11.3 Å². The van der Waals surface area contributed by atoms with Crippen LogP contribution in [0.1, 0.15) is 96.9 Å². The molecule has 0 amide bonds. The molecule has 1 heterocycles. The fourth-order valence-electron chi connectivity index (χ4n) is 5.65. The van der Waals surface area contributed by atoms with E-state index in [2.05, 4.69) is 85.9 Å². The summed E-state index contributed by atoms with van der Waals surface area (Å²) in [6.07, 6.45) is 5.77. The Morgan fingerprint density at radius 2 is 1.25 bits per heavy atom. The first-order chi connectivity index (χ1) is 12.3. The van der Waals surface area contributed by atoms with Gasteiger partial charge in [-0.3, -0.25) is 0 Å². The zero-order valence-electron chi connectivity index (χ0n) is 18.7. The number of rotatable bonds is 1. The van der Waals surface area contributed by atoms with Crippen molar-refractivity contribution in [3.8, 4) is 11.3 Å². The van der Waals surface area contributed by atoms with Gasteiger partial charge in [-0.25, -0.2) is 0 Å². The van der Waals surface area contributed by atoms with Gasteiger partial charge in [-0.2, -0.15) is 0 Å². The third kappa shape index (κ3) is 3.31. The second kappa shape index (κ2) is 6.51. The molecule has 153 valence electrons. The largest absolute Gasteiger partial charge is 0.304 e. The molecule has 1 aromatic heterocycles. The van der Waals surface area contributed by atoms with E-state index in [4.69, 9.17) is 4.98 Å². The van der Waals surface area contributed by atoms with Gasteiger partial charge in [0.25, 0.3) is 0 Å². The summed E-state index contributed by atoms with van der Waals surface area (Å²) in [5, 5.41) is 0. The van der Waals surface area contributed by atoms with Gasteiger partial charge in [-0.15, -0.1) is 34.9 Å². The van der Waals surface area contributed by atoms with Gasteiger partial charge in [0.2, 0.25) is 0 Å². The molecular weight excluding hydrogens is 519 g/mol. The maximum atomic E-state index is 4.88. The van der Waals surface area contributed by atoms with Crippen LogP contribution < -0.4 is 0 Å². The normalized spacial score (nSPS) is 22.7. The Bertz CT molecular complexity index is 918. The first kappa shape index (κ1) is 21.7. The summed E-state index contributed by atoms with van der Waals surface area (Å²) < 4.78 is 0. The van der Waals surface area contributed by atoms with Gasteiger partial charge < -0.3 is 4.98 Å². The van der Waals surface area contributed by atoms with E-state index < -0.39 is 0 Å². The van der Waals surface area contributed by atoms with Crippen LogP contribution in [0.4, 0.5) is 0 Å². The second-order valence-electron chi connectivity index (χ2n) is 11.5. The maximum Gasteiger partial charge on any atom is 0.0201 e. The molecule has 28 heavy (non-hydrogen) atoms. The summed E-state index contributed by atoms with van der Waals surface area (Å²) in [4.78, 5) is 4.88. The van der Waals surface area contributed by atoms with E-state index in [1.165, 1.54) is 41.5 Å². The molecule has 0 unspecified atom stereocenters. The monoisotopic (exact) mass is 553 g/mol. The molecule has 4 rings (SSSR count). The van der Waals surface area contributed by atoms with Gasteiger partial charge in [-0.05, 0) is 51.3 Å². The average molecular weight is 553 g/mol. The van der Waals surface area contributed by atoms with Crippen molar-refractivity contribution in [2.45, 2.75) is 96.3 Å². The van der Waals surface area contributed by atoms with Gasteiger partial charge >= 0.3 is 0 Å². The molecule has 0 fully saturated rings. The minimum absolute atomic E-state index is 0. The predicted octanol–water partition coefficient (Wildman–Crippen LogP) is 6.85. The van der Waals surface area contributed by atoms with Crippen molar-refractivity contribution in [3.63, 3.8) is 0 Å². The fraction of sp³-hybridized carbons (Fsp3) is 0.577. The Morgan fingerprint density at radius 3 is 1.89 bits per heavy atom. The van der Waals surface area contributed by atoms with Crippen molar-refractivity contribution in [1.82, 2.24) is 4.98 Å². The molecule has 2 aliphatic carbocycles. The number of benzene rings is 1. The van der Waals surface area contributed by atoms with E-state index in [0.29, 0.717) is 0 Å². The Kier molecular flexibility index (Phi) is 5.05. The molecule has 2 aliphatic rings. The van der Waals surface area contributed by atoms with Crippen molar-refractivity contribution < 1.29 is 20.1 Å². The Balaban J connectivity index is 0.00000225. The van der Waals surface area contributed by atoms with Crippen LogP contribution in [0, 0.1) is 6.07 Å². The third-order valence-corrected chi connectivity index (χ3v) is 7.31. The molecule has 1 nitrogen and oxygen atoms in total. The van der Waals surface area contributed by atoms with E-state index >= 15 is 0 Å². The van der Waals surface area contributed by atoms with Crippen molar-refractivity contribution in [1.29, 1.82) is 0 Å². The van der Waals surface area contributed by atoms with Crippen molar-refractivity contribution in [2.75, 3.05) is 0 Å². The summed E-state index contributed by atoms with van der Waals surface area (Å²) in [6.45, 7) is 18.9. The smallest absolute Gasteiger partial charge is 0.0201 e. The van der Waals surface area contributed by atoms with E-state index in [1.807, 2.05) is 0 Å². The van der Waals surface area contributed by atoms with E-state index in [1.54, 1.807) is 0 Å². The molecule has 0 N–H and O–H groups in total. The average Bonchev–Trinajstić information content (AvgIpc) is 2.76. The minimum atomic E-state index is 0. The zero-order chi connectivity index (χ0) is 19.8. The van der Waals surface area contributed by atoms with Crippen LogP contribution in [0.5, 0.6) is 0 Å². The number of hydrogen-bond donors (Lipinski definition) is 0. The summed E-state index contributed by atoms with van der Waals surface area (Å²) in [5.41, 5.74) is 8.88. The molecular formula is C26H34IrN-. The summed E-state index contributed by atoms with van der Waals surface area (Å²) in [5.74, 6) is 0. The fourth-order valence-corrected chi connectivity index (χ4v) is 5.65. The first-order valence-corrected chi connectivity index (χ1v) is 10.4. The van der Waals surface area contributed by atoms with Crippen LogP contribution >= 0.6 is 0 Å². The topological polar surface area (TPSA) is 12.9 Å². The van der Waals surface area contributed by atoms with Gasteiger partial charge in [0.1, 0.15) is 0 Å². The van der Waals surface area contributed by atoms with Gasteiger partial charge in [0.15, 0.2) is 0 Å². The molecule has 1 radical (unpaired) electrons. The van der Waals surface area contributed by atoms with E-state index in [9.17, 15) is 0 Å². The van der Waals surface area contributed by atoms with E-state index in [0.717, 1.165) is 11.3 Å². The molecule has 1 aromatic carbocycles. The van der Waals surface area contributed by atoms with Crippen LogP contribution in [0.2, 0.25) is 0 Å². The predicted molar refractivity (Wildman–Crippen MR) is 114 cm³/mol. The van der Waals surface area contributed by atoms with Crippen molar-refractivity contribution in [3.05, 3.63) is 52.7 Å². The molecule has 0 spiro atoms. The maximum absolute atomic E-state index is 4.88. The van der Waals surface area contributed by atoms with Crippen LogP contribution in [0.3, 0.4) is 0 Å². The molecule has 2 aromatic rings. The first-order valence-electron chi connectivity index (χ1n) is 10.4. The number of aromatic nitrogens is 1. The summed E-state index contributed by atoms with van der Waals surface area (Å²) >= 11 is 0. The third-order valence-electron chi connectivity index (χ3n) is 7.31. The number of nitrogens with zero attached hydrogens (tertiary/aromatic N) is 1. The summed E-state index contributed by atoms with van der Waals surface area (Å²) in [6, 6.07) is 10.5. The number of hydrogen-bond acceptors (Lipinski definition) is 1. The number of fused-ring (bicyclic) bond motifs is 2. The van der Waals surface area contributed by atoms with Gasteiger partial charge in [0, 0.05) is 26.3 Å². The molecule has 0 bridgehead atoms. The Morgan fingerprint density at radius 1 is 0.714 bits per heavy atom.